The second-order valence-corrected chi connectivity index (χ2v) is 7.79. The molecule has 2 aromatic carbocycles. The highest BCUT2D eigenvalue weighted by molar-refractivity contribution is 9.10. The first kappa shape index (κ1) is 21.4. The Hall–Kier alpha value is -1.86. The number of halogens is 2. The van der Waals surface area contributed by atoms with Gasteiger partial charge in [-0.3, -0.25) is 9.59 Å². The zero-order valence-electron chi connectivity index (χ0n) is 15.1. The molecule has 0 amide bonds. The Morgan fingerprint density at radius 3 is 2.37 bits per heavy atom. The number of carboxylic acids is 1. The monoisotopic (exact) mass is 498 g/mol. The van der Waals surface area contributed by atoms with Crippen molar-refractivity contribution < 1.29 is 24.2 Å². The molecule has 3 rings (SSSR count). The van der Waals surface area contributed by atoms with E-state index in [4.69, 9.17) is 14.6 Å². The second kappa shape index (κ2) is 9.90. The zero-order chi connectivity index (χ0) is 20.0. The van der Waals surface area contributed by atoms with Gasteiger partial charge in [0.25, 0.3) is 0 Å². The van der Waals surface area contributed by atoms with Crippen LogP contribution in [0.25, 0.3) is 0 Å². The van der Waals surface area contributed by atoms with Crippen LogP contribution in [-0.4, -0.2) is 31.1 Å². The number of hydrogen-bond donors (Lipinski definition) is 1. The Morgan fingerprint density at radius 1 is 1.04 bits per heavy atom. The maximum Gasteiger partial charge on any atom is 0.303 e. The number of Topliss-reactive ketones (excluding diaryl/α,β-unsaturated/α-hetero) is 1. The van der Waals surface area contributed by atoms with Crippen LogP contribution in [0.4, 0.5) is 0 Å². The molecule has 5 nitrogen and oxygen atoms in total. The summed E-state index contributed by atoms with van der Waals surface area (Å²) in [4.78, 5) is 21.8. The predicted molar refractivity (Wildman–Crippen MR) is 110 cm³/mol. The number of carbonyl (C=O) groups is 2. The minimum atomic E-state index is -0.788. The number of fused-ring (bicyclic) bond motifs is 1. The van der Waals surface area contributed by atoms with Crippen molar-refractivity contribution in [1.29, 1.82) is 0 Å². The van der Waals surface area contributed by atoms with Crippen molar-refractivity contribution in [3.63, 3.8) is 0 Å². The first-order chi connectivity index (χ1) is 12.8. The fraction of sp³-hybridized carbons (Fsp3) is 0.300. The summed E-state index contributed by atoms with van der Waals surface area (Å²) in [5, 5.41) is 8.53. The van der Waals surface area contributed by atoms with Crippen LogP contribution in [0.15, 0.2) is 39.3 Å². The predicted octanol–water partition coefficient (Wildman–Crippen LogP) is 5.06. The Kier molecular flexibility index (Phi) is 7.86. The Balaban J connectivity index is 0.000000194. The highest BCUT2D eigenvalue weighted by atomic mass is 79.9. The first-order valence-corrected chi connectivity index (χ1v) is 9.87. The SMILES string of the molecule is COc1cc(Br)cc(CCC(=O)O)c1.COc1cc(Br)cc2c1C(=O)CC2. The number of ether oxygens (including phenoxy) is 2. The summed E-state index contributed by atoms with van der Waals surface area (Å²) in [5.74, 6) is 0.829. The van der Waals surface area contributed by atoms with E-state index in [2.05, 4.69) is 31.9 Å². The third-order valence-electron chi connectivity index (χ3n) is 4.06. The molecule has 1 N–H and O–H groups in total. The maximum atomic E-state index is 11.5. The van der Waals surface area contributed by atoms with Crippen LogP contribution in [0, 0.1) is 0 Å². The molecule has 0 unspecified atom stereocenters. The van der Waals surface area contributed by atoms with Gasteiger partial charge in [-0.15, -0.1) is 0 Å². The quantitative estimate of drug-likeness (QED) is 0.622. The van der Waals surface area contributed by atoms with Gasteiger partial charge in [0.2, 0.25) is 0 Å². The molecule has 2 aromatic rings. The number of aliphatic carboxylic acids is 1. The van der Waals surface area contributed by atoms with Crippen LogP contribution in [0.1, 0.15) is 34.3 Å². The average Bonchev–Trinajstić information content (AvgIpc) is 3.00. The lowest BCUT2D eigenvalue weighted by Crippen LogP contribution is -1.97. The van der Waals surface area contributed by atoms with E-state index in [9.17, 15) is 9.59 Å². The molecule has 0 saturated heterocycles. The van der Waals surface area contributed by atoms with E-state index in [1.165, 1.54) is 0 Å². The van der Waals surface area contributed by atoms with Gasteiger partial charge >= 0.3 is 5.97 Å². The normalized spacial score (nSPS) is 12.1. The number of carboxylic acid groups (broad SMARTS) is 1. The summed E-state index contributed by atoms with van der Waals surface area (Å²) in [7, 11) is 3.18. The largest absolute Gasteiger partial charge is 0.497 e. The van der Waals surface area contributed by atoms with Crippen LogP contribution in [0.3, 0.4) is 0 Å². The van der Waals surface area contributed by atoms with E-state index in [0.29, 0.717) is 18.6 Å². The molecule has 0 saturated carbocycles. The molecule has 7 heteroatoms. The van der Waals surface area contributed by atoms with E-state index >= 15 is 0 Å². The van der Waals surface area contributed by atoms with Crippen molar-refractivity contribution in [2.75, 3.05) is 14.2 Å². The minimum Gasteiger partial charge on any atom is -0.497 e. The Bertz CT molecular complexity index is 849. The topological polar surface area (TPSA) is 72.8 Å². The first-order valence-electron chi connectivity index (χ1n) is 8.29. The third-order valence-corrected chi connectivity index (χ3v) is 4.98. The number of hydrogen-bond acceptors (Lipinski definition) is 4. The van der Waals surface area contributed by atoms with Gasteiger partial charge < -0.3 is 14.6 Å². The molecule has 0 aromatic heterocycles. The standard InChI is InChI=1S/C10H11BrO3.C10H9BrO2/c1-14-9-5-7(2-3-10(12)13)4-8(11)6-9;1-13-9-5-7(11)4-6-2-3-8(12)10(6)9/h4-6H,2-3H2,1H3,(H,12,13);4-5H,2-3H2,1H3. The molecule has 1 aliphatic rings. The fourth-order valence-electron chi connectivity index (χ4n) is 2.82. The van der Waals surface area contributed by atoms with Crippen molar-refractivity contribution in [2.24, 2.45) is 0 Å². The van der Waals surface area contributed by atoms with Gasteiger partial charge in [0, 0.05) is 21.8 Å². The molecule has 0 heterocycles. The third kappa shape index (κ3) is 6.07. The van der Waals surface area contributed by atoms with Crippen molar-refractivity contribution in [2.45, 2.75) is 25.7 Å². The smallest absolute Gasteiger partial charge is 0.303 e. The van der Waals surface area contributed by atoms with E-state index in [1.807, 2.05) is 30.3 Å². The molecule has 0 atom stereocenters. The number of ketones is 1. The van der Waals surface area contributed by atoms with Crippen molar-refractivity contribution in [3.8, 4) is 11.5 Å². The number of methoxy groups -OCH3 is 2. The Labute approximate surface area is 174 Å². The van der Waals surface area contributed by atoms with E-state index < -0.39 is 5.97 Å². The molecule has 144 valence electrons. The zero-order valence-corrected chi connectivity index (χ0v) is 18.2. The van der Waals surface area contributed by atoms with Crippen LogP contribution in [0.5, 0.6) is 11.5 Å². The lowest BCUT2D eigenvalue weighted by Gasteiger charge is -2.06. The summed E-state index contributed by atoms with van der Waals surface area (Å²) in [6, 6.07) is 9.40. The molecule has 0 fully saturated rings. The van der Waals surface area contributed by atoms with Gasteiger partial charge in [0.05, 0.1) is 19.8 Å². The van der Waals surface area contributed by atoms with E-state index in [-0.39, 0.29) is 12.2 Å². The molecular formula is C20H20Br2O5. The van der Waals surface area contributed by atoms with E-state index in [1.54, 1.807) is 14.2 Å². The molecule has 1 aliphatic carbocycles. The van der Waals surface area contributed by atoms with Gasteiger partial charge in [-0.2, -0.15) is 0 Å². The summed E-state index contributed by atoms with van der Waals surface area (Å²) < 4.78 is 12.1. The molecule has 27 heavy (non-hydrogen) atoms. The molecule has 0 radical (unpaired) electrons. The van der Waals surface area contributed by atoms with Gasteiger partial charge in [-0.05, 0) is 54.3 Å². The number of aryl methyl sites for hydroxylation is 2. The van der Waals surface area contributed by atoms with E-state index in [0.717, 1.165) is 37.8 Å². The molecule has 0 bridgehead atoms. The van der Waals surface area contributed by atoms with Crippen molar-refractivity contribution >= 4 is 43.6 Å². The maximum absolute atomic E-state index is 11.5. The van der Waals surface area contributed by atoms with Gasteiger partial charge in [0.1, 0.15) is 11.5 Å². The second-order valence-electron chi connectivity index (χ2n) is 5.96. The van der Waals surface area contributed by atoms with Crippen LogP contribution < -0.4 is 9.47 Å². The molecule has 0 spiro atoms. The minimum absolute atomic E-state index is 0.138. The lowest BCUT2D eigenvalue weighted by atomic mass is 10.1. The highest BCUT2D eigenvalue weighted by Gasteiger charge is 2.24. The highest BCUT2D eigenvalue weighted by Crippen LogP contribution is 2.33. The van der Waals surface area contributed by atoms with Gasteiger partial charge in [0.15, 0.2) is 5.78 Å². The van der Waals surface area contributed by atoms with Crippen molar-refractivity contribution in [3.05, 3.63) is 56.0 Å². The summed E-state index contributed by atoms with van der Waals surface area (Å²) in [5.41, 5.74) is 2.82. The number of benzene rings is 2. The number of rotatable bonds is 5. The molecular weight excluding hydrogens is 480 g/mol. The summed E-state index contributed by atoms with van der Waals surface area (Å²) in [6.07, 6.45) is 2.11. The van der Waals surface area contributed by atoms with Crippen molar-refractivity contribution in [1.82, 2.24) is 0 Å². The van der Waals surface area contributed by atoms with Gasteiger partial charge in [-0.25, -0.2) is 0 Å². The fourth-order valence-corrected chi connectivity index (χ4v) is 3.82. The Morgan fingerprint density at radius 2 is 1.74 bits per heavy atom. The average molecular weight is 500 g/mol. The number of carbonyl (C=O) groups excluding carboxylic acids is 1. The van der Waals surface area contributed by atoms with Crippen LogP contribution >= 0.6 is 31.9 Å². The lowest BCUT2D eigenvalue weighted by molar-refractivity contribution is -0.136. The summed E-state index contributed by atoms with van der Waals surface area (Å²) >= 11 is 6.72. The summed E-state index contributed by atoms with van der Waals surface area (Å²) in [6.45, 7) is 0. The van der Waals surface area contributed by atoms with Crippen LogP contribution in [-0.2, 0) is 17.6 Å². The van der Waals surface area contributed by atoms with Crippen LogP contribution in [0.2, 0.25) is 0 Å². The molecule has 0 aliphatic heterocycles. The van der Waals surface area contributed by atoms with Gasteiger partial charge in [-0.1, -0.05) is 31.9 Å².